The summed E-state index contributed by atoms with van der Waals surface area (Å²) in [4.78, 5) is 4.03. The number of nitrogens with zero attached hydrogens (tertiary/aromatic N) is 1. The highest BCUT2D eigenvalue weighted by Gasteiger charge is 1.90. The van der Waals surface area contributed by atoms with Crippen molar-refractivity contribution in [3.8, 4) is 0 Å². The second kappa shape index (κ2) is 6.65. The molecule has 0 saturated carbocycles. The van der Waals surface area contributed by atoms with E-state index in [2.05, 4.69) is 18.0 Å². The third-order valence-electron chi connectivity index (χ3n) is 1.52. The summed E-state index contributed by atoms with van der Waals surface area (Å²) < 4.78 is 0. The average molecular weight is 166 g/mol. The third kappa shape index (κ3) is 5.71. The van der Waals surface area contributed by atoms with Gasteiger partial charge in [0.25, 0.3) is 0 Å². The van der Waals surface area contributed by atoms with Crippen LogP contribution in [-0.4, -0.2) is 12.8 Å². The molecule has 0 unspecified atom stereocenters. The van der Waals surface area contributed by atoms with E-state index in [4.69, 9.17) is 5.73 Å². The van der Waals surface area contributed by atoms with Gasteiger partial charge in [0.05, 0.1) is 0 Å². The number of hydrogen-bond acceptors (Lipinski definition) is 2. The van der Waals surface area contributed by atoms with E-state index in [1.54, 1.807) is 7.05 Å². The Bertz CT molecular complexity index is 200. The summed E-state index contributed by atoms with van der Waals surface area (Å²) in [6, 6.07) is 0. The number of aliphatic imine (C=N–C) groups is 1. The molecule has 0 rings (SSSR count). The number of rotatable bonds is 4. The van der Waals surface area contributed by atoms with Crippen molar-refractivity contribution in [1.29, 1.82) is 0 Å². The van der Waals surface area contributed by atoms with Crippen molar-refractivity contribution >= 4 is 5.71 Å². The lowest BCUT2D eigenvalue weighted by molar-refractivity contribution is 1.17. The molecule has 0 amide bonds. The van der Waals surface area contributed by atoms with Crippen LogP contribution in [0.3, 0.4) is 0 Å². The number of hydrogen-bond donors (Lipinski definition) is 1. The summed E-state index contributed by atoms with van der Waals surface area (Å²) in [5.74, 6) is 0. The fraction of sp³-hybridized carbons (Fsp3) is 0.500. The van der Waals surface area contributed by atoms with Crippen LogP contribution in [0.4, 0.5) is 0 Å². The maximum atomic E-state index is 5.72. The Balaban J connectivity index is 3.94. The molecule has 0 radical (unpaired) electrons. The van der Waals surface area contributed by atoms with Crippen molar-refractivity contribution in [3.63, 3.8) is 0 Å². The maximum absolute atomic E-state index is 5.72. The zero-order chi connectivity index (χ0) is 9.40. The van der Waals surface area contributed by atoms with E-state index in [0.29, 0.717) is 0 Å². The molecule has 0 bridgehead atoms. The van der Waals surface area contributed by atoms with E-state index in [-0.39, 0.29) is 0 Å². The molecule has 68 valence electrons. The molecular formula is C10H18N2. The normalized spacial score (nSPS) is 14.2. The molecule has 0 saturated heterocycles. The van der Waals surface area contributed by atoms with Crippen LogP contribution in [0.25, 0.3) is 0 Å². The predicted octanol–water partition coefficient (Wildman–Crippen LogP) is 2.28. The summed E-state index contributed by atoms with van der Waals surface area (Å²) in [6.45, 7) is 4.07. The Morgan fingerprint density at radius 2 is 2.17 bits per heavy atom. The van der Waals surface area contributed by atoms with Crippen LogP contribution in [0.2, 0.25) is 0 Å². The average Bonchev–Trinajstić information content (AvgIpc) is 2.05. The van der Waals surface area contributed by atoms with Crippen molar-refractivity contribution in [2.24, 2.45) is 10.7 Å². The van der Waals surface area contributed by atoms with Crippen molar-refractivity contribution in [1.82, 2.24) is 0 Å². The fourth-order valence-corrected chi connectivity index (χ4v) is 0.761. The lowest BCUT2D eigenvalue weighted by Crippen LogP contribution is -2.02. The smallest absolute Gasteiger partial charge is 0.0276 e. The van der Waals surface area contributed by atoms with Crippen molar-refractivity contribution < 1.29 is 0 Å². The van der Waals surface area contributed by atoms with Gasteiger partial charge in [-0.1, -0.05) is 19.1 Å². The molecule has 0 aliphatic heterocycles. The van der Waals surface area contributed by atoms with E-state index in [0.717, 1.165) is 24.3 Å². The van der Waals surface area contributed by atoms with Crippen LogP contribution >= 0.6 is 0 Å². The second-order valence-corrected chi connectivity index (χ2v) is 2.71. The quantitative estimate of drug-likeness (QED) is 0.505. The highest BCUT2D eigenvalue weighted by molar-refractivity contribution is 5.83. The highest BCUT2D eigenvalue weighted by Crippen LogP contribution is 1.96. The molecule has 0 aliphatic carbocycles. The first kappa shape index (κ1) is 11.0. The predicted molar refractivity (Wildman–Crippen MR) is 55.4 cm³/mol. The standard InChI is InChI=1S/C10H18N2/c1-4-5-6-7-10(11)8-9(2)12-3/h5-7H,4,8,11H2,1-3H3/b6-5+,10-7+,12-9-. The molecule has 0 atom stereocenters. The van der Waals surface area contributed by atoms with Gasteiger partial charge in [0.1, 0.15) is 0 Å². The lowest BCUT2D eigenvalue weighted by atomic mass is 10.2. The van der Waals surface area contributed by atoms with Gasteiger partial charge in [0.15, 0.2) is 0 Å². The first-order valence-corrected chi connectivity index (χ1v) is 4.24. The minimum Gasteiger partial charge on any atom is -0.402 e. The minimum atomic E-state index is 0.768. The first-order valence-electron chi connectivity index (χ1n) is 4.24. The van der Waals surface area contributed by atoms with Crippen molar-refractivity contribution in [3.05, 3.63) is 23.9 Å². The van der Waals surface area contributed by atoms with E-state index in [1.807, 2.05) is 19.1 Å². The molecular weight excluding hydrogens is 148 g/mol. The van der Waals surface area contributed by atoms with E-state index >= 15 is 0 Å². The molecule has 0 aromatic rings. The molecule has 0 fully saturated rings. The van der Waals surface area contributed by atoms with Crippen LogP contribution in [-0.2, 0) is 0 Å². The SMILES string of the molecule is CC/C=C/C=C(/N)C/C(C)=N\C. The Morgan fingerprint density at radius 3 is 2.67 bits per heavy atom. The van der Waals surface area contributed by atoms with Crippen molar-refractivity contribution in [2.45, 2.75) is 26.7 Å². The maximum Gasteiger partial charge on any atom is 0.0276 e. The van der Waals surface area contributed by atoms with Gasteiger partial charge >= 0.3 is 0 Å². The largest absolute Gasteiger partial charge is 0.402 e. The monoisotopic (exact) mass is 166 g/mol. The van der Waals surface area contributed by atoms with Crippen LogP contribution in [0.5, 0.6) is 0 Å². The first-order chi connectivity index (χ1) is 5.70. The van der Waals surface area contributed by atoms with Crippen LogP contribution in [0, 0.1) is 0 Å². The molecule has 2 nitrogen and oxygen atoms in total. The summed E-state index contributed by atoms with van der Waals surface area (Å²) in [7, 11) is 1.78. The van der Waals surface area contributed by atoms with Gasteiger partial charge in [0.2, 0.25) is 0 Å². The Morgan fingerprint density at radius 1 is 1.50 bits per heavy atom. The van der Waals surface area contributed by atoms with Crippen molar-refractivity contribution in [2.75, 3.05) is 7.05 Å². The van der Waals surface area contributed by atoms with Gasteiger partial charge in [-0.2, -0.15) is 0 Å². The van der Waals surface area contributed by atoms with Gasteiger partial charge in [-0.3, -0.25) is 4.99 Å². The third-order valence-corrected chi connectivity index (χ3v) is 1.52. The highest BCUT2D eigenvalue weighted by atomic mass is 14.7. The molecule has 12 heavy (non-hydrogen) atoms. The number of allylic oxidation sites excluding steroid dienone is 4. The van der Waals surface area contributed by atoms with Crippen LogP contribution in [0.1, 0.15) is 26.7 Å². The molecule has 2 heteroatoms. The van der Waals surface area contributed by atoms with E-state index in [9.17, 15) is 0 Å². The summed E-state index contributed by atoms with van der Waals surface area (Å²) >= 11 is 0. The zero-order valence-corrected chi connectivity index (χ0v) is 8.17. The molecule has 0 spiro atoms. The summed E-state index contributed by atoms with van der Waals surface area (Å²) in [5.41, 5.74) is 7.65. The van der Waals surface area contributed by atoms with Crippen LogP contribution in [0.15, 0.2) is 28.9 Å². The molecule has 0 aromatic heterocycles. The fourth-order valence-electron chi connectivity index (χ4n) is 0.761. The van der Waals surface area contributed by atoms with E-state index < -0.39 is 0 Å². The van der Waals surface area contributed by atoms with Gasteiger partial charge in [-0.05, 0) is 19.4 Å². The summed E-state index contributed by atoms with van der Waals surface area (Å²) in [6.07, 6.45) is 7.80. The second-order valence-electron chi connectivity index (χ2n) is 2.71. The Labute approximate surface area is 74.9 Å². The molecule has 0 aliphatic rings. The Kier molecular flexibility index (Phi) is 6.07. The summed E-state index contributed by atoms with van der Waals surface area (Å²) in [5, 5.41) is 0. The molecule has 0 heterocycles. The minimum absolute atomic E-state index is 0.768. The van der Waals surface area contributed by atoms with Gasteiger partial charge in [0, 0.05) is 24.9 Å². The van der Waals surface area contributed by atoms with Gasteiger partial charge in [-0.25, -0.2) is 0 Å². The van der Waals surface area contributed by atoms with Gasteiger partial charge < -0.3 is 5.73 Å². The van der Waals surface area contributed by atoms with Gasteiger partial charge in [-0.15, -0.1) is 0 Å². The lowest BCUT2D eigenvalue weighted by Gasteiger charge is -1.97. The van der Waals surface area contributed by atoms with Crippen LogP contribution < -0.4 is 5.73 Å². The zero-order valence-electron chi connectivity index (χ0n) is 8.17. The topological polar surface area (TPSA) is 38.4 Å². The molecule has 2 N–H and O–H groups in total. The number of nitrogens with two attached hydrogens (primary N) is 1. The Hall–Kier alpha value is -1.05. The molecule has 0 aromatic carbocycles. The van der Waals surface area contributed by atoms with E-state index in [1.165, 1.54) is 0 Å².